The van der Waals surface area contributed by atoms with Gasteiger partial charge in [-0.3, -0.25) is 9.69 Å². The first-order valence-corrected chi connectivity index (χ1v) is 12.9. The molecule has 1 fully saturated rings. The van der Waals surface area contributed by atoms with Crippen molar-refractivity contribution in [1.82, 2.24) is 4.90 Å². The van der Waals surface area contributed by atoms with Gasteiger partial charge in [0.1, 0.15) is 11.2 Å². The van der Waals surface area contributed by atoms with Gasteiger partial charge in [0.2, 0.25) is 0 Å². The van der Waals surface area contributed by atoms with Crippen LogP contribution in [0.15, 0.2) is 97.3 Å². The summed E-state index contributed by atoms with van der Waals surface area (Å²) in [4.78, 5) is 15.3. The van der Waals surface area contributed by atoms with Gasteiger partial charge < -0.3 is 20.1 Å². The van der Waals surface area contributed by atoms with Gasteiger partial charge in [-0.05, 0) is 62.4 Å². The maximum atomic E-state index is 12.9. The van der Waals surface area contributed by atoms with Crippen LogP contribution in [-0.4, -0.2) is 46.2 Å². The number of aliphatic carboxylic acids is 1. The molecule has 0 radical (unpaired) electrons. The van der Waals surface area contributed by atoms with Crippen molar-refractivity contribution in [2.24, 2.45) is 0 Å². The van der Waals surface area contributed by atoms with E-state index in [9.17, 15) is 9.90 Å². The number of allylic oxidation sites excluding steroid dienone is 1. The summed E-state index contributed by atoms with van der Waals surface area (Å²) in [5, 5.41) is 10.6. The summed E-state index contributed by atoms with van der Waals surface area (Å²) in [7, 11) is 0. The zero-order valence-corrected chi connectivity index (χ0v) is 26.5. The van der Waals surface area contributed by atoms with Crippen molar-refractivity contribution < 1.29 is 76.2 Å². The quantitative estimate of drug-likeness (QED) is 0.273. The van der Waals surface area contributed by atoms with Crippen molar-refractivity contribution in [3.63, 3.8) is 0 Å². The predicted molar refractivity (Wildman–Crippen MR) is 149 cm³/mol. The van der Waals surface area contributed by atoms with Crippen LogP contribution in [0.1, 0.15) is 50.3 Å². The predicted octanol–water partition coefficient (Wildman–Crippen LogP) is 3.26. The summed E-state index contributed by atoms with van der Waals surface area (Å²) in [6.45, 7) is 8.52. The Kier molecular flexibility index (Phi) is 13.1. The smallest absolute Gasteiger partial charge is 0.870 e. The minimum Gasteiger partial charge on any atom is -0.870 e. The Hall–Kier alpha value is -1.81. The molecular formula is C32H38KNO5. The third kappa shape index (κ3) is 8.12. The Morgan fingerprint density at radius 1 is 0.949 bits per heavy atom. The van der Waals surface area contributed by atoms with Crippen LogP contribution in [-0.2, 0) is 21.6 Å². The summed E-state index contributed by atoms with van der Waals surface area (Å²) < 4.78 is 11.7. The summed E-state index contributed by atoms with van der Waals surface area (Å²) in [6.07, 6.45) is 4.92. The average Bonchev–Trinajstić information content (AvgIpc) is 2.88. The molecule has 0 spiro atoms. The normalized spacial score (nSPS) is 14.2. The fourth-order valence-electron chi connectivity index (χ4n) is 5.01. The molecule has 2 N–H and O–H groups in total. The Bertz CT molecular complexity index is 1150. The molecule has 1 heterocycles. The van der Waals surface area contributed by atoms with E-state index in [0.29, 0.717) is 13.0 Å². The molecule has 4 rings (SSSR count). The van der Waals surface area contributed by atoms with Crippen LogP contribution in [0.3, 0.4) is 0 Å². The number of carboxylic acids is 1. The van der Waals surface area contributed by atoms with Crippen LogP contribution in [0.2, 0.25) is 0 Å². The molecule has 0 aromatic heterocycles. The SMILES string of the molecule is CC=COc1cccc(COC2CN(C(C)(C)CCC(C(=O)O)(c3ccccc3)c3ccccc3)C2)c1.[K+].[OH-]. The van der Waals surface area contributed by atoms with E-state index in [0.717, 1.165) is 42.0 Å². The van der Waals surface area contributed by atoms with E-state index in [-0.39, 0.29) is 68.5 Å². The number of carbonyl (C=O) groups is 1. The van der Waals surface area contributed by atoms with Crippen LogP contribution in [0, 0.1) is 0 Å². The number of ether oxygens (including phenoxy) is 2. The fourth-order valence-corrected chi connectivity index (χ4v) is 5.01. The van der Waals surface area contributed by atoms with Crippen molar-refractivity contribution in [3.05, 3.63) is 114 Å². The maximum Gasteiger partial charge on any atom is 1.00 e. The minimum atomic E-state index is -1.10. The van der Waals surface area contributed by atoms with Gasteiger partial charge in [0.15, 0.2) is 0 Å². The third-order valence-corrected chi connectivity index (χ3v) is 7.44. The average molecular weight is 556 g/mol. The fraction of sp³-hybridized carbons (Fsp3) is 0.344. The van der Waals surface area contributed by atoms with Crippen molar-refractivity contribution in [2.45, 2.75) is 57.3 Å². The number of hydrogen-bond acceptors (Lipinski definition) is 5. The second kappa shape index (κ2) is 15.3. The maximum absolute atomic E-state index is 12.9. The molecule has 0 saturated carbocycles. The number of rotatable bonds is 12. The first-order chi connectivity index (χ1) is 17.8. The minimum absolute atomic E-state index is 0. The van der Waals surface area contributed by atoms with Gasteiger partial charge in [-0.15, -0.1) is 0 Å². The number of nitrogens with zero attached hydrogens (tertiary/aromatic N) is 1. The van der Waals surface area contributed by atoms with E-state index in [1.807, 2.05) is 97.9 Å². The molecule has 39 heavy (non-hydrogen) atoms. The number of hydrogen-bond donors (Lipinski definition) is 1. The molecule has 202 valence electrons. The van der Waals surface area contributed by atoms with Crippen LogP contribution in [0.25, 0.3) is 0 Å². The molecule has 1 aliphatic rings. The second-order valence-corrected chi connectivity index (χ2v) is 10.3. The molecule has 6 nitrogen and oxygen atoms in total. The van der Waals surface area contributed by atoms with E-state index in [4.69, 9.17) is 9.47 Å². The first-order valence-electron chi connectivity index (χ1n) is 12.9. The van der Waals surface area contributed by atoms with Crippen LogP contribution >= 0.6 is 0 Å². The van der Waals surface area contributed by atoms with Crippen molar-refractivity contribution in [3.8, 4) is 5.75 Å². The Morgan fingerprint density at radius 2 is 1.54 bits per heavy atom. The topological polar surface area (TPSA) is 89.0 Å². The van der Waals surface area contributed by atoms with Gasteiger partial charge in [0.25, 0.3) is 0 Å². The zero-order chi connectivity index (χ0) is 26.3. The van der Waals surface area contributed by atoms with E-state index in [2.05, 4.69) is 18.7 Å². The van der Waals surface area contributed by atoms with Gasteiger partial charge in [-0.2, -0.15) is 0 Å². The molecule has 0 unspecified atom stereocenters. The third-order valence-electron chi connectivity index (χ3n) is 7.44. The summed E-state index contributed by atoms with van der Waals surface area (Å²) in [5.74, 6) is -0.0135. The van der Waals surface area contributed by atoms with Gasteiger partial charge in [0.05, 0.1) is 19.0 Å². The van der Waals surface area contributed by atoms with Gasteiger partial charge >= 0.3 is 57.4 Å². The molecule has 7 heteroatoms. The second-order valence-electron chi connectivity index (χ2n) is 10.3. The van der Waals surface area contributed by atoms with Gasteiger partial charge in [0, 0.05) is 18.6 Å². The number of carboxylic acid groups (broad SMARTS) is 1. The van der Waals surface area contributed by atoms with Crippen LogP contribution < -0.4 is 56.1 Å². The standard InChI is InChI=1S/C32H37NO4.K.H2O/c1-4-20-36-28-17-11-12-25(21-28)24-37-29-22-33(23-29)31(2,3)18-19-32(30(34)35,26-13-7-5-8-14-26)27-15-9-6-10-16-27;;/h4-17,20-21,29H,18-19,22-24H2,1-3H3,(H,34,35);;1H2/q;+1;/p-1. The molecule has 3 aromatic rings. The Morgan fingerprint density at radius 3 is 2.08 bits per heavy atom. The number of benzene rings is 3. The summed E-state index contributed by atoms with van der Waals surface area (Å²) in [5.41, 5.74) is 1.45. The molecule has 0 aliphatic carbocycles. The van der Waals surface area contributed by atoms with Gasteiger partial charge in [-0.1, -0.05) is 78.9 Å². The number of likely N-dealkylation sites (tertiary alicyclic amines) is 1. The summed E-state index contributed by atoms with van der Waals surface area (Å²) in [6, 6.07) is 27.2. The van der Waals surface area contributed by atoms with E-state index >= 15 is 0 Å². The molecule has 1 saturated heterocycles. The van der Waals surface area contributed by atoms with Crippen LogP contribution in [0.5, 0.6) is 5.75 Å². The molecule has 0 bridgehead atoms. The van der Waals surface area contributed by atoms with Gasteiger partial charge in [-0.25, -0.2) is 0 Å². The van der Waals surface area contributed by atoms with Crippen molar-refractivity contribution in [2.75, 3.05) is 13.1 Å². The van der Waals surface area contributed by atoms with Crippen molar-refractivity contribution in [1.29, 1.82) is 0 Å². The van der Waals surface area contributed by atoms with E-state index < -0.39 is 11.4 Å². The monoisotopic (exact) mass is 555 g/mol. The largest absolute Gasteiger partial charge is 1.00 e. The molecule has 0 atom stereocenters. The Labute approximate surface area is 274 Å². The molecule has 3 aromatic carbocycles. The van der Waals surface area contributed by atoms with Crippen LogP contribution in [0.4, 0.5) is 0 Å². The Balaban J connectivity index is 0.00000267. The van der Waals surface area contributed by atoms with E-state index in [1.54, 1.807) is 6.26 Å². The summed E-state index contributed by atoms with van der Waals surface area (Å²) >= 11 is 0. The van der Waals surface area contributed by atoms with Crippen molar-refractivity contribution >= 4 is 5.97 Å². The first kappa shape index (κ1) is 33.4. The zero-order valence-electron chi connectivity index (χ0n) is 23.4. The molecular weight excluding hydrogens is 517 g/mol. The molecule has 1 aliphatic heterocycles. The van der Waals surface area contributed by atoms with E-state index in [1.165, 1.54) is 0 Å². The molecule has 0 amide bonds.